The number of methoxy groups -OCH3 is 1. The van der Waals surface area contributed by atoms with Gasteiger partial charge in [-0.25, -0.2) is 12.7 Å². The molecule has 0 rings (SSSR count). The van der Waals surface area contributed by atoms with Gasteiger partial charge in [-0.3, -0.25) is 4.79 Å². The number of carboxylic acids is 1. The van der Waals surface area contributed by atoms with E-state index in [1.165, 1.54) is 20.4 Å². The first-order chi connectivity index (χ1) is 9.68. The maximum Gasteiger partial charge on any atom is 0.304 e. The molecule has 120 valence electrons. The monoisotopic (exact) mass is 317 g/mol. The number of hydrogen-bond donors (Lipinski definition) is 1. The summed E-state index contributed by atoms with van der Waals surface area (Å²) in [6.45, 7) is 5.03. The second-order valence-corrected chi connectivity index (χ2v) is 6.47. The smallest absolute Gasteiger partial charge is 0.304 e. The molecule has 0 radical (unpaired) electrons. The Morgan fingerprint density at radius 2 is 1.90 bits per heavy atom. The predicted molar refractivity (Wildman–Crippen MR) is 82.1 cm³/mol. The van der Waals surface area contributed by atoms with Crippen LogP contribution in [0.25, 0.3) is 0 Å². The van der Waals surface area contributed by atoms with Crippen LogP contribution in [0.3, 0.4) is 0 Å². The summed E-state index contributed by atoms with van der Waals surface area (Å²) in [5, 5.41) is 8.67. The van der Waals surface area contributed by atoms with Gasteiger partial charge in [-0.05, 0) is 38.0 Å². The summed E-state index contributed by atoms with van der Waals surface area (Å²) < 4.78 is 31.1. The standard InChI is InChI=1S/C14H23NO5S/c1-6-11(2)14(12(3)8-10-20-5)21(18,19)15(4)9-7-13(16)17/h6,8,10H,7,9H2,1-5H3,(H,16,17)/b10-8+,11-6-,14-12+. The van der Waals surface area contributed by atoms with Gasteiger partial charge in [-0.1, -0.05) is 6.08 Å². The van der Waals surface area contributed by atoms with Crippen LogP contribution in [0.2, 0.25) is 0 Å². The summed E-state index contributed by atoms with van der Waals surface area (Å²) >= 11 is 0. The Morgan fingerprint density at radius 1 is 1.33 bits per heavy atom. The largest absolute Gasteiger partial charge is 0.504 e. The number of carboxylic acid groups (broad SMARTS) is 1. The highest BCUT2D eigenvalue weighted by atomic mass is 32.2. The predicted octanol–water partition coefficient (Wildman–Crippen LogP) is 2.12. The van der Waals surface area contributed by atoms with E-state index in [0.717, 1.165) is 4.31 Å². The molecule has 0 aromatic heterocycles. The van der Waals surface area contributed by atoms with Crippen LogP contribution in [-0.4, -0.2) is 44.5 Å². The first kappa shape index (κ1) is 19.4. The summed E-state index contributed by atoms with van der Waals surface area (Å²) in [5.74, 6) is -1.04. The maximum absolute atomic E-state index is 12.6. The Morgan fingerprint density at radius 3 is 2.33 bits per heavy atom. The number of sulfonamides is 1. The molecule has 0 atom stereocenters. The molecule has 6 nitrogen and oxygen atoms in total. The molecule has 21 heavy (non-hydrogen) atoms. The lowest BCUT2D eigenvalue weighted by molar-refractivity contribution is -0.137. The number of carbonyl (C=O) groups is 1. The van der Waals surface area contributed by atoms with Gasteiger partial charge in [0.2, 0.25) is 10.0 Å². The Labute approximate surface area is 126 Å². The summed E-state index contributed by atoms with van der Waals surface area (Å²) in [7, 11) is -0.922. The zero-order chi connectivity index (χ0) is 16.6. The quantitative estimate of drug-likeness (QED) is 0.547. The van der Waals surface area contributed by atoms with Crippen molar-refractivity contribution in [2.75, 3.05) is 20.7 Å². The second kappa shape index (κ2) is 8.63. The van der Waals surface area contributed by atoms with E-state index in [4.69, 9.17) is 9.84 Å². The zero-order valence-electron chi connectivity index (χ0n) is 13.1. The van der Waals surface area contributed by atoms with Gasteiger partial charge in [0.05, 0.1) is 24.7 Å². The molecule has 0 aromatic rings. The molecule has 0 spiro atoms. The molecule has 0 saturated heterocycles. The Balaban J connectivity index is 5.73. The van der Waals surface area contributed by atoms with Crippen molar-refractivity contribution in [2.24, 2.45) is 0 Å². The highest BCUT2D eigenvalue weighted by Crippen LogP contribution is 2.24. The van der Waals surface area contributed by atoms with Gasteiger partial charge in [0, 0.05) is 13.6 Å². The van der Waals surface area contributed by atoms with Gasteiger partial charge in [0.1, 0.15) is 0 Å². The minimum Gasteiger partial charge on any atom is -0.504 e. The van der Waals surface area contributed by atoms with E-state index >= 15 is 0 Å². The summed E-state index contributed by atoms with van der Waals surface area (Å²) in [6, 6.07) is 0. The van der Waals surface area contributed by atoms with E-state index < -0.39 is 16.0 Å². The van der Waals surface area contributed by atoms with Gasteiger partial charge < -0.3 is 9.84 Å². The Kier molecular flexibility index (Phi) is 7.98. The number of allylic oxidation sites excluding steroid dienone is 4. The molecule has 0 saturated carbocycles. The van der Waals surface area contributed by atoms with E-state index in [2.05, 4.69) is 0 Å². The first-order valence-electron chi connectivity index (χ1n) is 6.40. The van der Waals surface area contributed by atoms with Crippen LogP contribution in [-0.2, 0) is 19.6 Å². The van der Waals surface area contributed by atoms with Crippen LogP contribution in [0.5, 0.6) is 0 Å². The highest BCUT2D eigenvalue weighted by molar-refractivity contribution is 7.93. The van der Waals surface area contributed by atoms with Crippen molar-refractivity contribution < 1.29 is 23.1 Å². The number of ether oxygens (including phenoxy) is 1. The fourth-order valence-electron chi connectivity index (χ4n) is 1.62. The third-order valence-electron chi connectivity index (χ3n) is 2.91. The molecule has 0 fully saturated rings. The van der Waals surface area contributed by atoms with Crippen LogP contribution in [0.15, 0.2) is 34.5 Å². The fraction of sp³-hybridized carbons (Fsp3) is 0.500. The van der Waals surface area contributed by atoms with Crippen LogP contribution < -0.4 is 0 Å². The molecule has 7 heteroatoms. The lowest BCUT2D eigenvalue weighted by atomic mass is 10.2. The third-order valence-corrected chi connectivity index (χ3v) is 5.08. The van der Waals surface area contributed by atoms with Crippen LogP contribution >= 0.6 is 0 Å². The fourth-order valence-corrected chi connectivity index (χ4v) is 3.27. The molecular weight excluding hydrogens is 294 g/mol. The van der Waals surface area contributed by atoms with Crippen molar-refractivity contribution in [3.8, 4) is 0 Å². The van der Waals surface area contributed by atoms with E-state index in [-0.39, 0.29) is 17.9 Å². The molecule has 0 unspecified atom stereocenters. The molecule has 0 heterocycles. The number of aliphatic carboxylic acids is 1. The van der Waals surface area contributed by atoms with E-state index in [9.17, 15) is 13.2 Å². The molecular formula is C14H23NO5S. The van der Waals surface area contributed by atoms with Gasteiger partial charge in [0.25, 0.3) is 0 Å². The minimum absolute atomic E-state index is 0.0839. The van der Waals surface area contributed by atoms with Gasteiger partial charge in [-0.2, -0.15) is 0 Å². The summed E-state index contributed by atoms with van der Waals surface area (Å²) in [6.07, 6.45) is 4.41. The number of hydrogen-bond acceptors (Lipinski definition) is 4. The molecule has 0 aliphatic heterocycles. The molecule has 0 aromatic carbocycles. The lowest BCUT2D eigenvalue weighted by Crippen LogP contribution is -2.31. The number of rotatable bonds is 8. The first-order valence-corrected chi connectivity index (χ1v) is 7.84. The molecule has 0 amide bonds. The van der Waals surface area contributed by atoms with E-state index in [0.29, 0.717) is 11.1 Å². The lowest BCUT2D eigenvalue weighted by Gasteiger charge is -2.20. The molecule has 1 N–H and O–H groups in total. The maximum atomic E-state index is 12.6. The Hall–Kier alpha value is -1.60. The van der Waals surface area contributed by atoms with Crippen molar-refractivity contribution in [3.63, 3.8) is 0 Å². The number of nitrogens with zero attached hydrogens (tertiary/aromatic N) is 1. The Bertz CT molecular complexity index is 558. The van der Waals surface area contributed by atoms with Crippen molar-refractivity contribution >= 4 is 16.0 Å². The average Bonchev–Trinajstić information content (AvgIpc) is 2.41. The van der Waals surface area contributed by atoms with Crippen molar-refractivity contribution in [1.29, 1.82) is 0 Å². The van der Waals surface area contributed by atoms with Crippen molar-refractivity contribution in [1.82, 2.24) is 4.31 Å². The van der Waals surface area contributed by atoms with Crippen molar-refractivity contribution in [2.45, 2.75) is 27.2 Å². The average molecular weight is 317 g/mol. The highest BCUT2D eigenvalue weighted by Gasteiger charge is 2.26. The van der Waals surface area contributed by atoms with Crippen molar-refractivity contribution in [3.05, 3.63) is 34.5 Å². The minimum atomic E-state index is -3.76. The third kappa shape index (κ3) is 5.73. The van der Waals surface area contributed by atoms with E-state index in [1.54, 1.807) is 32.9 Å². The zero-order valence-corrected chi connectivity index (χ0v) is 13.9. The second-order valence-electron chi connectivity index (χ2n) is 4.49. The van der Waals surface area contributed by atoms with E-state index in [1.807, 2.05) is 0 Å². The summed E-state index contributed by atoms with van der Waals surface area (Å²) in [4.78, 5) is 10.8. The van der Waals surface area contributed by atoms with Crippen LogP contribution in [0.4, 0.5) is 0 Å². The topological polar surface area (TPSA) is 83.9 Å². The normalized spacial score (nSPS) is 14.5. The van der Waals surface area contributed by atoms with Gasteiger partial charge in [-0.15, -0.1) is 0 Å². The summed E-state index contributed by atoms with van der Waals surface area (Å²) in [5.41, 5.74) is 1.12. The molecule has 0 aliphatic carbocycles. The SMILES string of the molecule is C\C=C(C)/C(=C(C)\C=C\OC)S(=O)(=O)N(C)CCC(=O)O. The van der Waals surface area contributed by atoms with Gasteiger partial charge >= 0.3 is 5.97 Å². The molecule has 0 aliphatic rings. The molecule has 0 bridgehead atoms. The van der Waals surface area contributed by atoms with Crippen LogP contribution in [0.1, 0.15) is 27.2 Å². The van der Waals surface area contributed by atoms with Crippen LogP contribution in [0, 0.1) is 0 Å². The van der Waals surface area contributed by atoms with Gasteiger partial charge in [0.15, 0.2) is 0 Å².